The zero-order valence-electron chi connectivity index (χ0n) is 17.7. The van der Waals surface area contributed by atoms with E-state index in [1.54, 1.807) is 0 Å². The van der Waals surface area contributed by atoms with E-state index in [0.29, 0.717) is 18.4 Å². The first-order valence-corrected chi connectivity index (χ1v) is 11.7. The average Bonchev–Trinajstić information content (AvgIpc) is 3.21. The van der Waals surface area contributed by atoms with Crippen LogP contribution in [0.4, 0.5) is 6.01 Å². The van der Waals surface area contributed by atoms with Gasteiger partial charge in [0, 0.05) is 18.0 Å². The van der Waals surface area contributed by atoms with E-state index in [4.69, 9.17) is 10.8 Å². The molecule has 1 amide bonds. The van der Waals surface area contributed by atoms with Crippen molar-refractivity contribution >= 4 is 21.9 Å². The lowest BCUT2D eigenvalue weighted by Crippen LogP contribution is -2.36. The summed E-state index contributed by atoms with van der Waals surface area (Å²) in [6.07, 6.45) is 10.1. The smallest absolute Gasteiger partial charge is 0.309 e. The minimum atomic E-state index is -3.60. The Morgan fingerprint density at radius 2 is 1.97 bits per heavy atom. The number of aromatic nitrogens is 1. The predicted octanol–water partition coefficient (Wildman–Crippen LogP) is 2.48. The first kappa shape index (κ1) is 24.9. The van der Waals surface area contributed by atoms with Crippen LogP contribution in [-0.2, 0) is 16.4 Å². The molecule has 2 aromatic rings. The van der Waals surface area contributed by atoms with E-state index in [2.05, 4.69) is 20.9 Å². The van der Waals surface area contributed by atoms with Crippen molar-refractivity contribution in [2.75, 3.05) is 10.5 Å². The number of phenols is 3. The molecule has 0 fully saturated rings. The third kappa shape index (κ3) is 7.09. The van der Waals surface area contributed by atoms with Crippen LogP contribution in [0.15, 0.2) is 22.8 Å². The Bertz CT molecular complexity index is 1070. The van der Waals surface area contributed by atoms with Gasteiger partial charge in [-0.15, -0.1) is 12.3 Å². The summed E-state index contributed by atoms with van der Waals surface area (Å²) < 4.78 is 30.4. The number of nitrogens with zero attached hydrogens (tertiary/aromatic N) is 1. The minimum Gasteiger partial charge on any atom is -0.504 e. The van der Waals surface area contributed by atoms with Crippen LogP contribution in [0, 0.1) is 12.3 Å². The number of oxazole rings is 1. The molecule has 2 rings (SSSR count). The average molecular weight is 466 g/mol. The van der Waals surface area contributed by atoms with E-state index in [1.165, 1.54) is 19.1 Å². The number of terminal acetylenes is 1. The minimum absolute atomic E-state index is 0.117. The summed E-state index contributed by atoms with van der Waals surface area (Å²) in [5.74, 6) is 0.249. The van der Waals surface area contributed by atoms with Gasteiger partial charge in [-0.05, 0) is 32.3 Å². The number of anilines is 1. The summed E-state index contributed by atoms with van der Waals surface area (Å²) >= 11 is 0. The molecule has 1 atom stereocenters. The van der Waals surface area contributed by atoms with Crippen molar-refractivity contribution in [1.82, 2.24) is 10.3 Å². The van der Waals surface area contributed by atoms with Crippen LogP contribution in [0.3, 0.4) is 0 Å². The van der Waals surface area contributed by atoms with E-state index in [9.17, 15) is 28.5 Å². The molecule has 0 aliphatic heterocycles. The number of sulfonamides is 1. The molecule has 0 aliphatic rings. The molecule has 10 nitrogen and oxygen atoms in total. The molecule has 1 unspecified atom stereocenters. The normalized spacial score (nSPS) is 12.1. The number of hydrogen-bond donors (Lipinski definition) is 5. The largest absolute Gasteiger partial charge is 0.504 e. The van der Waals surface area contributed by atoms with Crippen molar-refractivity contribution < 1.29 is 32.9 Å². The Kier molecular flexibility index (Phi) is 8.78. The summed E-state index contributed by atoms with van der Waals surface area (Å²) in [5, 5.41) is 32.2. The van der Waals surface area contributed by atoms with Crippen LogP contribution in [0.1, 0.15) is 55.1 Å². The van der Waals surface area contributed by atoms with Gasteiger partial charge in [0.15, 0.2) is 17.2 Å². The topological polar surface area (TPSA) is 162 Å². The first-order valence-electron chi connectivity index (χ1n) is 10.1. The monoisotopic (exact) mass is 465 g/mol. The summed E-state index contributed by atoms with van der Waals surface area (Å²) in [6, 6.07) is 1.94. The Labute approximate surface area is 186 Å². The van der Waals surface area contributed by atoms with Gasteiger partial charge in [0.1, 0.15) is 6.26 Å². The van der Waals surface area contributed by atoms with Crippen molar-refractivity contribution in [3.8, 4) is 29.6 Å². The fourth-order valence-electron chi connectivity index (χ4n) is 2.95. The van der Waals surface area contributed by atoms with Gasteiger partial charge in [-0.1, -0.05) is 18.9 Å². The Hall–Kier alpha value is -3.39. The molecule has 0 saturated heterocycles. The van der Waals surface area contributed by atoms with Gasteiger partial charge < -0.3 is 25.1 Å². The van der Waals surface area contributed by atoms with Gasteiger partial charge in [-0.2, -0.15) is 4.98 Å². The van der Waals surface area contributed by atoms with E-state index >= 15 is 0 Å². The summed E-state index contributed by atoms with van der Waals surface area (Å²) in [4.78, 5) is 16.5. The summed E-state index contributed by atoms with van der Waals surface area (Å²) in [6.45, 7) is 1.45. The van der Waals surface area contributed by atoms with Crippen LogP contribution in [-0.4, -0.2) is 46.4 Å². The van der Waals surface area contributed by atoms with Crippen molar-refractivity contribution in [3.63, 3.8) is 0 Å². The number of unbranched alkanes of at least 4 members (excludes halogenated alkanes) is 3. The van der Waals surface area contributed by atoms with Gasteiger partial charge in [0.05, 0.1) is 5.75 Å². The molecule has 0 radical (unpaired) electrons. The highest BCUT2D eigenvalue weighted by molar-refractivity contribution is 7.92. The zero-order valence-corrected chi connectivity index (χ0v) is 18.5. The second kappa shape index (κ2) is 11.3. The fraction of sp³-hybridized carbons (Fsp3) is 0.429. The molecule has 1 aromatic heterocycles. The van der Waals surface area contributed by atoms with E-state index in [-0.39, 0.29) is 23.9 Å². The van der Waals surface area contributed by atoms with Gasteiger partial charge in [0.25, 0.3) is 5.91 Å². The summed E-state index contributed by atoms with van der Waals surface area (Å²) in [5.41, 5.74) is 0.222. The Morgan fingerprint density at radius 1 is 1.22 bits per heavy atom. The molecule has 32 heavy (non-hydrogen) atoms. The third-order valence-electron chi connectivity index (χ3n) is 4.75. The van der Waals surface area contributed by atoms with Gasteiger partial charge in [-0.25, -0.2) is 13.1 Å². The van der Waals surface area contributed by atoms with E-state index in [0.717, 1.165) is 25.5 Å². The van der Waals surface area contributed by atoms with Gasteiger partial charge >= 0.3 is 6.01 Å². The SMILES string of the molecule is C#CCCCCCC(Cc1ccc(O)c(O)c1O)NC(=O)c1coc(NS(=O)(=O)CC)n1. The van der Waals surface area contributed by atoms with Crippen molar-refractivity contribution in [2.45, 2.75) is 51.5 Å². The van der Waals surface area contributed by atoms with Crippen molar-refractivity contribution in [3.05, 3.63) is 29.7 Å². The van der Waals surface area contributed by atoms with E-state index < -0.39 is 39.2 Å². The second-order valence-corrected chi connectivity index (χ2v) is 9.17. The molecule has 11 heteroatoms. The highest BCUT2D eigenvalue weighted by Gasteiger charge is 2.21. The molecule has 0 spiro atoms. The maximum atomic E-state index is 12.6. The van der Waals surface area contributed by atoms with Crippen LogP contribution >= 0.6 is 0 Å². The molecule has 0 saturated carbocycles. The zero-order chi connectivity index (χ0) is 23.7. The molecular weight excluding hydrogens is 438 g/mol. The van der Waals surface area contributed by atoms with Crippen LogP contribution in [0.25, 0.3) is 0 Å². The quantitative estimate of drug-likeness (QED) is 0.181. The molecule has 1 aromatic carbocycles. The Balaban J connectivity index is 2.12. The van der Waals surface area contributed by atoms with Crippen molar-refractivity contribution in [2.24, 2.45) is 0 Å². The number of amides is 1. The molecule has 174 valence electrons. The van der Waals surface area contributed by atoms with Gasteiger partial charge in [0.2, 0.25) is 15.8 Å². The van der Waals surface area contributed by atoms with Gasteiger partial charge in [-0.3, -0.25) is 4.79 Å². The lowest BCUT2D eigenvalue weighted by Gasteiger charge is -2.19. The van der Waals surface area contributed by atoms with Crippen molar-refractivity contribution in [1.29, 1.82) is 0 Å². The number of hydrogen-bond acceptors (Lipinski definition) is 8. The maximum absolute atomic E-state index is 12.6. The van der Waals surface area contributed by atoms with Crippen LogP contribution < -0.4 is 10.0 Å². The molecule has 0 aliphatic carbocycles. The number of carbonyl (C=O) groups is 1. The van der Waals surface area contributed by atoms with E-state index in [1.807, 2.05) is 0 Å². The highest BCUT2D eigenvalue weighted by atomic mass is 32.2. The lowest BCUT2D eigenvalue weighted by molar-refractivity contribution is 0.0929. The number of nitrogens with one attached hydrogen (secondary N) is 2. The number of benzene rings is 1. The maximum Gasteiger partial charge on any atom is 0.309 e. The Morgan fingerprint density at radius 3 is 2.66 bits per heavy atom. The summed E-state index contributed by atoms with van der Waals surface area (Å²) in [7, 11) is -3.60. The fourth-order valence-corrected chi connectivity index (χ4v) is 3.45. The molecule has 5 N–H and O–H groups in total. The molecule has 0 bridgehead atoms. The van der Waals surface area contributed by atoms with Crippen LogP contribution in [0.2, 0.25) is 0 Å². The molecular formula is C21H27N3O7S. The third-order valence-corrected chi connectivity index (χ3v) is 5.99. The number of aromatic hydroxyl groups is 3. The molecule has 1 heterocycles. The second-order valence-electron chi connectivity index (χ2n) is 7.16. The highest BCUT2D eigenvalue weighted by Crippen LogP contribution is 2.37. The number of rotatable bonds is 12. The standard InChI is InChI=1S/C21H27N3O7S/c1-3-5-6-7-8-9-15(12-14-10-11-17(25)19(27)18(14)26)22-20(28)16-13-31-21(23-16)24-32(29,30)4-2/h1,10-11,13,15,25-27H,4-9,12H2,2H3,(H,22,28)(H,23,24). The number of carbonyl (C=O) groups excluding carboxylic acids is 1. The lowest BCUT2D eigenvalue weighted by atomic mass is 9.98. The van der Waals surface area contributed by atoms with Crippen LogP contribution in [0.5, 0.6) is 17.2 Å². The number of phenolic OH excluding ortho intramolecular Hbond substituents is 3. The first-order chi connectivity index (χ1) is 15.2. The predicted molar refractivity (Wildman–Crippen MR) is 118 cm³/mol.